The fourth-order valence-corrected chi connectivity index (χ4v) is 5.82. The normalized spacial score (nSPS) is 19.5. The van der Waals surface area contributed by atoms with E-state index in [0.717, 1.165) is 37.9 Å². The highest BCUT2D eigenvalue weighted by Gasteiger charge is 2.28. The highest BCUT2D eigenvalue weighted by Crippen LogP contribution is 2.25. The molecule has 0 bridgehead atoms. The Balaban J connectivity index is 1.29. The van der Waals surface area contributed by atoms with Crippen molar-refractivity contribution in [1.29, 1.82) is 0 Å². The van der Waals surface area contributed by atoms with E-state index >= 15 is 0 Å². The highest BCUT2D eigenvalue weighted by molar-refractivity contribution is 7.93. The Morgan fingerprint density at radius 3 is 2.30 bits per heavy atom. The van der Waals surface area contributed by atoms with Crippen LogP contribution in [-0.2, 0) is 21.2 Å². The van der Waals surface area contributed by atoms with Crippen LogP contribution in [0.5, 0.6) is 0 Å². The standard InChI is InChI=1S/C24H28N2O3S/c27-24(25-16-13-22(14-17-25)19-21-5-2-1-3-6-21)12-9-20-7-10-23(11-8-20)26-15-4-18-30(26,28)29/h1-3,5-12,22H,4,13-19H2/b12-9+. The van der Waals surface area contributed by atoms with Crippen LogP contribution in [0.1, 0.15) is 30.4 Å². The first kappa shape index (κ1) is 20.7. The van der Waals surface area contributed by atoms with E-state index in [0.29, 0.717) is 24.6 Å². The van der Waals surface area contributed by atoms with Gasteiger partial charge in [0.15, 0.2) is 0 Å². The zero-order valence-corrected chi connectivity index (χ0v) is 17.9. The predicted molar refractivity (Wildman–Crippen MR) is 121 cm³/mol. The molecule has 0 spiro atoms. The first-order chi connectivity index (χ1) is 14.5. The van der Waals surface area contributed by atoms with Crippen molar-refractivity contribution in [2.45, 2.75) is 25.7 Å². The van der Waals surface area contributed by atoms with Gasteiger partial charge in [0.25, 0.3) is 0 Å². The zero-order chi connectivity index (χ0) is 21.0. The van der Waals surface area contributed by atoms with Gasteiger partial charge in [0.2, 0.25) is 15.9 Å². The van der Waals surface area contributed by atoms with Crippen molar-refractivity contribution < 1.29 is 13.2 Å². The topological polar surface area (TPSA) is 57.7 Å². The summed E-state index contributed by atoms with van der Waals surface area (Å²) in [7, 11) is -3.16. The number of carbonyl (C=O) groups is 1. The number of benzene rings is 2. The summed E-state index contributed by atoms with van der Waals surface area (Å²) >= 11 is 0. The van der Waals surface area contributed by atoms with E-state index in [-0.39, 0.29) is 11.7 Å². The molecular weight excluding hydrogens is 396 g/mol. The molecule has 2 heterocycles. The first-order valence-corrected chi connectivity index (χ1v) is 12.2. The average Bonchev–Trinajstić information content (AvgIpc) is 3.12. The maximum atomic E-state index is 12.5. The minimum Gasteiger partial charge on any atom is -0.339 e. The monoisotopic (exact) mass is 424 g/mol. The Labute approximate surface area is 179 Å². The molecule has 0 N–H and O–H groups in total. The number of nitrogens with zero attached hydrogens (tertiary/aromatic N) is 2. The van der Waals surface area contributed by atoms with Crippen LogP contribution < -0.4 is 4.31 Å². The zero-order valence-electron chi connectivity index (χ0n) is 17.1. The van der Waals surface area contributed by atoms with E-state index in [4.69, 9.17) is 0 Å². The van der Waals surface area contributed by atoms with Gasteiger partial charge in [-0.2, -0.15) is 0 Å². The molecule has 0 radical (unpaired) electrons. The average molecular weight is 425 g/mol. The van der Waals surface area contributed by atoms with Crippen molar-refractivity contribution in [3.63, 3.8) is 0 Å². The van der Waals surface area contributed by atoms with Crippen LogP contribution in [0.25, 0.3) is 6.08 Å². The van der Waals surface area contributed by atoms with Crippen molar-refractivity contribution in [2.75, 3.05) is 29.7 Å². The molecular formula is C24H28N2O3S. The van der Waals surface area contributed by atoms with Gasteiger partial charge in [-0.3, -0.25) is 9.10 Å². The van der Waals surface area contributed by atoms with Gasteiger partial charge in [-0.1, -0.05) is 42.5 Å². The molecule has 2 aromatic carbocycles. The second-order valence-electron chi connectivity index (χ2n) is 8.12. The van der Waals surface area contributed by atoms with Crippen molar-refractivity contribution >= 4 is 27.7 Å². The Hall–Kier alpha value is -2.60. The summed E-state index contributed by atoms with van der Waals surface area (Å²) in [6, 6.07) is 17.9. The van der Waals surface area contributed by atoms with Gasteiger partial charge in [0, 0.05) is 25.7 Å². The summed E-state index contributed by atoms with van der Waals surface area (Å²) in [6.45, 7) is 2.13. The first-order valence-electron chi connectivity index (χ1n) is 10.6. The molecule has 0 aromatic heterocycles. The van der Waals surface area contributed by atoms with E-state index < -0.39 is 10.0 Å². The third-order valence-electron chi connectivity index (χ3n) is 5.99. The predicted octanol–water partition coefficient (Wildman–Crippen LogP) is 3.72. The van der Waals surface area contributed by atoms with Gasteiger partial charge < -0.3 is 4.90 Å². The fraction of sp³-hybridized carbons (Fsp3) is 0.375. The number of hydrogen-bond acceptors (Lipinski definition) is 3. The molecule has 158 valence electrons. The SMILES string of the molecule is O=C(/C=C/c1ccc(N2CCCS2(=O)=O)cc1)N1CCC(Cc2ccccc2)CC1. The minimum absolute atomic E-state index is 0.0411. The largest absolute Gasteiger partial charge is 0.339 e. The van der Waals surface area contributed by atoms with Crippen LogP contribution in [0.2, 0.25) is 0 Å². The molecule has 2 fully saturated rings. The van der Waals surface area contributed by atoms with Gasteiger partial charge in [0.05, 0.1) is 11.4 Å². The molecule has 5 nitrogen and oxygen atoms in total. The lowest BCUT2D eigenvalue weighted by molar-refractivity contribution is -0.127. The van der Waals surface area contributed by atoms with Gasteiger partial charge in [-0.15, -0.1) is 0 Å². The maximum Gasteiger partial charge on any atom is 0.246 e. The van der Waals surface area contributed by atoms with E-state index in [1.807, 2.05) is 35.2 Å². The molecule has 2 aliphatic heterocycles. The van der Waals surface area contributed by atoms with Gasteiger partial charge in [-0.25, -0.2) is 8.42 Å². The number of likely N-dealkylation sites (tertiary alicyclic amines) is 1. The van der Waals surface area contributed by atoms with Crippen LogP contribution in [0.3, 0.4) is 0 Å². The van der Waals surface area contributed by atoms with E-state index in [1.165, 1.54) is 9.87 Å². The Morgan fingerprint density at radius 1 is 0.967 bits per heavy atom. The van der Waals surface area contributed by atoms with Gasteiger partial charge in [0.1, 0.15) is 0 Å². The maximum absolute atomic E-state index is 12.5. The number of rotatable bonds is 5. The molecule has 4 rings (SSSR count). The summed E-state index contributed by atoms with van der Waals surface area (Å²) < 4.78 is 25.5. The Kier molecular flexibility index (Phi) is 6.23. The molecule has 0 aliphatic carbocycles. The van der Waals surface area contributed by atoms with Gasteiger partial charge in [-0.05, 0) is 60.9 Å². The molecule has 2 saturated heterocycles. The number of carbonyl (C=O) groups excluding carboxylic acids is 1. The molecule has 6 heteroatoms. The van der Waals surface area contributed by atoms with E-state index in [1.54, 1.807) is 12.2 Å². The molecule has 2 aromatic rings. The lowest BCUT2D eigenvalue weighted by Crippen LogP contribution is -2.37. The van der Waals surface area contributed by atoms with Crippen LogP contribution in [0, 0.1) is 5.92 Å². The third-order valence-corrected chi connectivity index (χ3v) is 7.86. The molecule has 0 saturated carbocycles. The summed E-state index contributed by atoms with van der Waals surface area (Å²) in [4.78, 5) is 14.5. The Bertz CT molecular complexity index is 993. The molecule has 0 atom stereocenters. The molecule has 30 heavy (non-hydrogen) atoms. The number of hydrogen-bond donors (Lipinski definition) is 0. The lowest BCUT2D eigenvalue weighted by Gasteiger charge is -2.31. The molecule has 1 amide bonds. The van der Waals surface area contributed by atoms with E-state index in [9.17, 15) is 13.2 Å². The van der Waals surface area contributed by atoms with Crippen molar-refractivity contribution in [1.82, 2.24) is 4.90 Å². The van der Waals surface area contributed by atoms with Crippen LogP contribution in [-0.4, -0.2) is 44.6 Å². The van der Waals surface area contributed by atoms with Crippen molar-refractivity contribution in [3.8, 4) is 0 Å². The fourth-order valence-electron chi connectivity index (χ4n) is 4.26. The number of sulfonamides is 1. The van der Waals surface area contributed by atoms with E-state index in [2.05, 4.69) is 24.3 Å². The lowest BCUT2D eigenvalue weighted by atomic mass is 9.90. The molecule has 2 aliphatic rings. The second kappa shape index (κ2) is 9.04. The number of piperidine rings is 1. The Morgan fingerprint density at radius 2 is 1.67 bits per heavy atom. The second-order valence-corrected chi connectivity index (χ2v) is 10.1. The number of anilines is 1. The molecule has 0 unspecified atom stereocenters. The van der Waals surface area contributed by atoms with Crippen molar-refractivity contribution in [3.05, 3.63) is 71.8 Å². The number of amides is 1. The van der Waals surface area contributed by atoms with Crippen molar-refractivity contribution in [2.24, 2.45) is 5.92 Å². The highest BCUT2D eigenvalue weighted by atomic mass is 32.2. The summed E-state index contributed by atoms with van der Waals surface area (Å²) in [5.41, 5.74) is 2.95. The summed E-state index contributed by atoms with van der Waals surface area (Å²) in [6.07, 6.45) is 7.25. The van der Waals surface area contributed by atoms with Crippen LogP contribution in [0.15, 0.2) is 60.7 Å². The summed E-state index contributed by atoms with van der Waals surface area (Å²) in [5, 5.41) is 0. The summed E-state index contributed by atoms with van der Waals surface area (Å²) in [5.74, 6) is 0.889. The minimum atomic E-state index is -3.16. The van der Waals surface area contributed by atoms with Crippen LogP contribution in [0.4, 0.5) is 5.69 Å². The smallest absolute Gasteiger partial charge is 0.246 e. The third kappa shape index (κ3) is 4.93. The quantitative estimate of drug-likeness (QED) is 0.688. The van der Waals surface area contributed by atoms with Gasteiger partial charge >= 0.3 is 0 Å². The van der Waals surface area contributed by atoms with Crippen LogP contribution >= 0.6 is 0 Å².